The van der Waals surface area contributed by atoms with E-state index in [1.165, 1.54) is 0 Å². The highest BCUT2D eigenvalue weighted by Crippen LogP contribution is 2.28. The van der Waals surface area contributed by atoms with Crippen molar-refractivity contribution in [2.45, 2.75) is 31.8 Å². The van der Waals surface area contributed by atoms with Gasteiger partial charge in [-0.25, -0.2) is 0 Å². The molecule has 0 heterocycles. The summed E-state index contributed by atoms with van der Waals surface area (Å²) in [7, 11) is 0. The van der Waals surface area contributed by atoms with E-state index in [-0.39, 0.29) is 6.54 Å². The van der Waals surface area contributed by atoms with Gasteiger partial charge < -0.3 is 15.3 Å². The largest absolute Gasteiger partial charge is 0.459 e. The molecule has 24 heavy (non-hydrogen) atoms. The molecule has 0 bridgehead atoms. The molecule has 0 saturated carbocycles. The predicted molar refractivity (Wildman–Crippen MR) is 94.5 cm³/mol. The van der Waals surface area contributed by atoms with Gasteiger partial charge in [0.2, 0.25) is 0 Å². The van der Waals surface area contributed by atoms with Crippen molar-refractivity contribution in [2.75, 3.05) is 6.54 Å². The van der Waals surface area contributed by atoms with E-state index >= 15 is 0 Å². The fourth-order valence-electron chi connectivity index (χ4n) is 2.44. The van der Waals surface area contributed by atoms with Gasteiger partial charge in [0, 0.05) is 6.54 Å². The molecule has 0 amide bonds. The van der Waals surface area contributed by atoms with E-state index < -0.39 is 17.0 Å². The van der Waals surface area contributed by atoms with E-state index in [9.17, 15) is 9.59 Å². The van der Waals surface area contributed by atoms with Crippen LogP contribution < -0.4 is 5.73 Å². The van der Waals surface area contributed by atoms with Crippen molar-refractivity contribution in [1.82, 2.24) is 0 Å². The molecule has 0 aliphatic carbocycles. The lowest BCUT2D eigenvalue weighted by molar-refractivity contribution is -0.162. The van der Waals surface area contributed by atoms with Crippen LogP contribution >= 0.6 is 0 Å². The van der Waals surface area contributed by atoms with Crippen LogP contribution in [0.25, 0.3) is 11.1 Å². The minimum absolute atomic E-state index is 0.143. The average molecular weight is 325 g/mol. The molecule has 2 N–H and O–H groups in total. The number of aldehydes is 1. The van der Waals surface area contributed by atoms with Gasteiger partial charge in [-0.1, -0.05) is 54.6 Å². The summed E-state index contributed by atoms with van der Waals surface area (Å²) in [5, 5.41) is 0. The second-order valence-corrected chi connectivity index (χ2v) is 6.74. The number of esters is 1. The SMILES string of the molecule is CC(C)(C)OC(=O)C(C=O)(CN)c1ccc(-c2ccccc2)cc1. The first-order valence-electron chi connectivity index (χ1n) is 7.88. The fourth-order valence-corrected chi connectivity index (χ4v) is 2.44. The van der Waals surface area contributed by atoms with Gasteiger partial charge in [0.05, 0.1) is 0 Å². The molecule has 2 aromatic carbocycles. The van der Waals surface area contributed by atoms with Crippen LogP contribution in [-0.4, -0.2) is 24.4 Å². The van der Waals surface area contributed by atoms with Crippen molar-refractivity contribution in [3.8, 4) is 11.1 Å². The lowest BCUT2D eigenvalue weighted by atomic mass is 9.81. The minimum atomic E-state index is -1.48. The molecule has 126 valence electrons. The first kappa shape index (κ1) is 17.9. The van der Waals surface area contributed by atoms with Gasteiger partial charge >= 0.3 is 5.97 Å². The Morgan fingerprint density at radius 2 is 1.54 bits per heavy atom. The Balaban J connectivity index is 2.38. The first-order valence-corrected chi connectivity index (χ1v) is 7.88. The maximum absolute atomic E-state index is 12.6. The molecular weight excluding hydrogens is 302 g/mol. The van der Waals surface area contributed by atoms with Gasteiger partial charge in [-0.15, -0.1) is 0 Å². The number of nitrogens with two attached hydrogens (primary N) is 1. The van der Waals surface area contributed by atoms with Crippen LogP contribution in [0.4, 0.5) is 0 Å². The molecule has 4 heteroatoms. The molecule has 4 nitrogen and oxygen atoms in total. The summed E-state index contributed by atoms with van der Waals surface area (Å²) in [4.78, 5) is 24.3. The van der Waals surface area contributed by atoms with Crippen molar-refractivity contribution < 1.29 is 14.3 Å². The van der Waals surface area contributed by atoms with Crippen LogP contribution in [0.2, 0.25) is 0 Å². The fraction of sp³-hybridized carbons (Fsp3) is 0.300. The zero-order valence-corrected chi connectivity index (χ0v) is 14.3. The number of hydrogen-bond donors (Lipinski definition) is 1. The van der Waals surface area contributed by atoms with Gasteiger partial charge in [0.1, 0.15) is 11.9 Å². The van der Waals surface area contributed by atoms with E-state index in [4.69, 9.17) is 10.5 Å². The molecule has 0 saturated heterocycles. The van der Waals surface area contributed by atoms with Crippen LogP contribution in [0.5, 0.6) is 0 Å². The second kappa shape index (κ2) is 6.97. The molecule has 2 aromatic rings. The van der Waals surface area contributed by atoms with Crippen LogP contribution in [0.3, 0.4) is 0 Å². The Morgan fingerprint density at radius 3 is 2.00 bits per heavy atom. The molecule has 0 fully saturated rings. The van der Waals surface area contributed by atoms with Crippen LogP contribution in [-0.2, 0) is 19.7 Å². The Kier molecular flexibility index (Phi) is 5.20. The van der Waals surface area contributed by atoms with Crippen molar-refractivity contribution in [2.24, 2.45) is 5.73 Å². The number of benzene rings is 2. The first-order chi connectivity index (χ1) is 11.3. The maximum atomic E-state index is 12.6. The highest BCUT2D eigenvalue weighted by atomic mass is 16.6. The van der Waals surface area contributed by atoms with E-state index in [1.807, 2.05) is 42.5 Å². The number of hydrogen-bond acceptors (Lipinski definition) is 4. The number of carbonyl (C=O) groups excluding carboxylic acids is 2. The molecule has 0 aliphatic heterocycles. The molecule has 0 aliphatic rings. The van der Waals surface area contributed by atoms with Gasteiger partial charge in [0.15, 0.2) is 5.41 Å². The third-order valence-electron chi connectivity index (χ3n) is 3.79. The average Bonchev–Trinajstić information content (AvgIpc) is 2.56. The van der Waals surface area contributed by atoms with Crippen LogP contribution in [0.1, 0.15) is 26.3 Å². The van der Waals surface area contributed by atoms with Crippen molar-refractivity contribution >= 4 is 12.3 Å². The summed E-state index contributed by atoms with van der Waals surface area (Å²) in [6.07, 6.45) is 0.582. The monoisotopic (exact) mass is 325 g/mol. The smallest absolute Gasteiger partial charge is 0.325 e. The number of rotatable bonds is 5. The van der Waals surface area contributed by atoms with E-state index in [0.29, 0.717) is 11.8 Å². The summed E-state index contributed by atoms with van der Waals surface area (Å²) in [5.74, 6) is -0.625. The second-order valence-electron chi connectivity index (χ2n) is 6.74. The highest BCUT2D eigenvalue weighted by molar-refractivity contribution is 6.00. The summed E-state index contributed by atoms with van der Waals surface area (Å²) >= 11 is 0. The summed E-state index contributed by atoms with van der Waals surface area (Å²) in [6.45, 7) is 5.14. The molecule has 0 radical (unpaired) electrons. The standard InChI is InChI=1S/C20H23NO3/c1-19(2,3)24-18(23)20(13-21,14-22)17-11-9-16(10-12-17)15-7-5-4-6-8-15/h4-12,14H,13,21H2,1-3H3. The lowest BCUT2D eigenvalue weighted by Crippen LogP contribution is -2.48. The van der Waals surface area contributed by atoms with Crippen molar-refractivity contribution in [3.63, 3.8) is 0 Å². The Hall–Kier alpha value is -2.46. The summed E-state index contributed by atoms with van der Waals surface area (Å²) < 4.78 is 5.40. The Morgan fingerprint density at radius 1 is 1.00 bits per heavy atom. The third kappa shape index (κ3) is 3.71. The van der Waals surface area contributed by atoms with Crippen molar-refractivity contribution in [1.29, 1.82) is 0 Å². The van der Waals surface area contributed by atoms with Gasteiger partial charge in [-0.2, -0.15) is 0 Å². The number of ether oxygens (including phenoxy) is 1. The zero-order valence-electron chi connectivity index (χ0n) is 14.3. The van der Waals surface area contributed by atoms with E-state index in [1.54, 1.807) is 32.9 Å². The topological polar surface area (TPSA) is 69.4 Å². The molecule has 0 spiro atoms. The Bertz CT molecular complexity index is 702. The third-order valence-corrected chi connectivity index (χ3v) is 3.79. The van der Waals surface area contributed by atoms with Crippen LogP contribution in [0.15, 0.2) is 54.6 Å². The van der Waals surface area contributed by atoms with Gasteiger partial charge in [-0.3, -0.25) is 4.79 Å². The maximum Gasteiger partial charge on any atom is 0.325 e. The quantitative estimate of drug-likeness (QED) is 0.521. The predicted octanol–water partition coefficient (Wildman–Crippen LogP) is 3.09. The molecule has 1 unspecified atom stereocenters. The highest BCUT2D eigenvalue weighted by Gasteiger charge is 2.42. The normalized spacial score (nSPS) is 13.8. The number of carbonyl (C=O) groups is 2. The van der Waals surface area contributed by atoms with Crippen molar-refractivity contribution in [3.05, 3.63) is 60.2 Å². The summed E-state index contributed by atoms with van der Waals surface area (Å²) in [5.41, 5.74) is 6.21. The Labute approximate surface area is 142 Å². The summed E-state index contributed by atoms with van der Waals surface area (Å²) in [6, 6.07) is 17.1. The van der Waals surface area contributed by atoms with E-state index in [0.717, 1.165) is 11.1 Å². The molecule has 1 atom stereocenters. The zero-order chi connectivity index (χ0) is 17.8. The van der Waals surface area contributed by atoms with Gasteiger partial charge in [0.25, 0.3) is 0 Å². The molecule has 2 rings (SSSR count). The lowest BCUT2D eigenvalue weighted by Gasteiger charge is -2.29. The van der Waals surface area contributed by atoms with Crippen LogP contribution in [0, 0.1) is 0 Å². The van der Waals surface area contributed by atoms with E-state index in [2.05, 4.69) is 0 Å². The minimum Gasteiger partial charge on any atom is -0.459 e. The van der Waals surface area contributed by atoms with Gasteiger partial charge in [-0.05, 0) is 37.5 Å². The molecular formula is C20H23NO3. The molecule has 0 aromatic heterocycles.